The van der Waals surface area contributed by atoms with Crippen LogP contribution in [-0.2, 0) is 16.0 Å². The van der Waals surface area contributed by atoms with E-state index in [1.54, 1.807) is 30.2 Å². The van der Waals surface area contributed by atoms with Crippen molar-refractivity contribution in [3.05, 3.63) is 48.0 Å². The Bertz CT molecular complexity index is 835. The quantitative estimate of drug-likeness (QED) is 0.849. The van der Waals surface area contributed by atoms with Crippen LogP contribution in [0, 0.1) is 0 Å². The van der Waals surface area contributed by atoms with Gasteiger partial charge < -0.3 is 19.7 Å². The molecule has 0 atom stereocenters. The maximum absolute atomic E-state index is 12.2. The smallest absolute Gasteiger partial charge is 0.262 e. The Balaban J connectivity index is 1.65. The molecular formula is C21H24N2O4. The van der Waals surface area contributed by atoms with Crippen molar-refractivity contribution < 1.29 is 19.1 Å². The van der Waals surface area contributed by atoms with E-state index < -0.39 is 0 Å². The first-order valence-electron chi connectivity index (χ1n) is 9.10. The number of methoxy groups -OCH3 is 1. The molecule has 1 aliphatic heterocycles. The lowest BCUT2D eigenvalue weighted by Gasteiger charge is -2.29. The highest BCUT2D eigenvalue weighted by Crippen LogP contribution is 2.30. The highest BCUT2D eigenvalue weighted by atomic mass is 16.5. The molecule has 0 aromatic heterocycles. The summed E-state index contributed by atoms with van der Waals surface area (Å²) in [6, 6.07) is 12.8. The summed E-state index contributed by atoms with van der Waals surface area (Å²) in [5.74, 6) is 1.07. The van der Waals surface area contributed by atoms with Crippen LogP contribution in [0.4, 0.5) is 11.4 Å². The largest absolute Gasteiger partial charge is 0.497 e. The van der Waals surface area contributed by atoms with E-state index in [0.29, 0.717) is 23.6 Å². The predicted octanol–water partition coefficient (Wildman–Crippen LogP) is 3.40. The van der Waals surface area contributed by atoms with Gasteiger partial charge in [0.15, 0.2) is 6.61 Å². The van der Waals surface area contributed by atoms with Gasteiger partial charge in [0, 0.05) is 30.4 Å². The predicted molar refractivity (Wildman–Crippen MR) is 105 cm³/mol. The van der Waals surface area contributed by atoms with Crippen molar-refractivity contribution in [2.75, 3.05) is 30.5 Å². The van der Waals surface area contributed by atoms with Gasteiger partial charge in [-0.05, 0) is 42.7 Å². The number of carbonyl (C=O) groups excluding carboxylic acids is 2. The summed E-state index contributed by atoms with van der Waals surface area (Å²) in [4.78, 5) is 26.2. The van der Waals surface area contributed by atoms with E-state index in [4.69, 9.17) is 9.47 Å². The molecule has 0 saturated carbocycles. The number of amides is 2. The molecule has 0 aliphatic carbocycles. The van der Waals surface area contributed by atoms with Crippen LogP contribution in [0.3, 0.4) is 0 Å². The second kappa shape index (κ2) is 8.58. The molecule has 142 valence electrons. The number of anilines is 2. The average molecular weight is 368 g/mol. The fraction of sp³-hybridized carbons (Fsp3) is 0.333. The van der Waals surface area contributed by atoms with Gasteiger partial charge in [-0.1, -0.05) is 19.1 Å². The SMILES string of the molecule is CCC(=O)N1CCCc2ccc(NC(=O)COc3cccc(OC)c3)cc21. The van der Waals surface area contributed by atoms with Crippen molar-refractivity contribution in [3.63, 3.8) is 0 Å². The Hall–Kier alpha value is -3.02. The zero-order valence-corrected chi connectivity index (χ0v) is 15.7. The minimum absolute atomic E-state index is 0.0979. The minimum Gasteiger partial charge on any atom is -0.497 e. The van der Waals surface area contributed by atoms with E-state index in [-0.39, 0.29) is 18.4 Å². The molecular weight excluding hydrogens is 344 g/mol. The monoisotopic (exact) mass is 368 g/mol. The van der Waals surface area contributed by atoms with Gasteiger partial charge in [-0.2, -0.15) is 0 Å². The van der Waals surface area contributed by atoms with Gasteiger partial charge in [-0.3, -0.25) is 9.59 Å². The molecule has 0 saturated heterocycles. The number of hydrogen-bond donors (Lipinski definition) is 1. The van der Waals surface area contributed by atoms with E-state index >= 15 is 0 Å². The van der Waals surface area contributed by atoms with Crippen LogP contribution in [0.1, 0.15) is 25.3 Å². The highest BCUT2D eigenvalue weighted by Gasteiger charge is 2.21. The summed E-state index contributed by atoms with van der Waals surface area (Å²) >= 11 is 0. The molecule has 2 aromatic carbocycles. The lowest BCUT2D eigenvalue weighted by atomic mass is 10.0. The third-order valence-corrected chi connectivity index (χ3v) is 4.50. The number of nitrogens with zero attached hydrogens (tertiary/aromatic N) is 1. The number of ether oxygens (including phenoxy) is 2. The second-order valence-corrected chi connectivity index (χ2v) is 6.36. The van der Waals surface area contributed by atoms with Crippen molar-refractivity contribution in [3.8, 4) is 11.5 Å². The second-order valence-electron chi connectivity index (χ2n) is 6.36. The Morgan fingerprint density at radius 2 is 1.96 bits per heavy atom. The lowest BCUT2D eigenvalue weighted by molar-refractivity contribution is -0.119. The van der Waals surface area contributed by atoms with Crippen molar-refractivity contribution in [2.45, 2.75) is 26.2 Å². The van der Waals surface area contributed by atoms with Crippen molar-refractivity contribution in [1.29, 1.82) is 0 Å². The first-order valence-corrected chi connectivity index (χ1v) is 9.10. The van der Waals surface area contributed by atoms with Gasteiger partial charge >= 0.3 is 0 Å². The number of fused-ring (bicyclic) bond motifs is 1. The van der Waals surface area contributed by atoms with E-state index in [9.17, 15) is 9.59 Å². The normalized spacial score (nSPS) is 12.9. The van der Waals surface area contributed by atoms with Crippen molar-refractivity contribution in [2.24, 2.45) is 0 Å². The van der Waals surface area contributed by atoms with Crippen LogP contribution in [0.5, 0.6) is 11.5 Å². The summed E-state index contributed by atoms with van der Waals surface area (Å²) in [5, 5.41) is 2.84. The first kappa shape index (κ1) is 18.8. The van der Waals surface area contributed by atoms with Gasteiger partial charge in [-0.15, -0.1) is 0 Å². The van der Waals surface area contributed by atoms with Gasteiger partial charge in [-0.25, -0.2) is 0 Å². The number of benzene rings is 2. The zero-order chi connectivity index (χ0) is 19.2. The van der Waals surface area contributed by atoms with Crippen LogP contribution in [0.2, 0.25) is 0 Å². The Morgan fingerprint density at radius 1 is 1.15 bits per heavy atom. The molecule has 2 aromatic rings. The maximum Gasteiger partial charge on any atom is 0.262 e. The fourth-order valence-electron chi connectivity index (χ4n) is 3.14. The fourth-order valence-corrected chi connectivity index (χ4v) is 3.14. The highest BCUT2D eigenvalue weighted by molar-refractivity contribution is 5.97. The lowest BCUT2D eigenvalue weighted by Crippen LogP contribution is -2.35. The van der Waals surface area contributed by atoms with E-state index in [2.05, 4.69) is 5.32 Å². The van der Waals surface area contributed by atoms with E-state index in [1.807, 2.05) is 31.2 Å². The molecule has 0 unspecified atom stereocenters. The summed E-state index contributed by atoms with van der Waals surface area (Å²) in [6.45, 7) is 2.47. The molecule has 6 nitrogen and oxygen atoms in total. The van der Waals surface area contributed by atoms with Crippen LogP contribution >= 0.6 is 0 Å². The molecule has 0 spiro atoms. The molecule has 6 heteroatoms. The molecule has 0 radical (unpaired) electrons. The van der Waals surface area contributed by atoms with E-state index in [1.165, 1.54) is 0 Å². The number of aryl methyl sites for hydroxylation is 1. The summed E-state index contributed by atoms with van der Waals surface area (Å²) in [5.41, 5.74) is 2.68. The van der Waals surface area contributed by atoms with Gasteiger partial charge in [0.2, 0.25) is 5.91 Å². The van der Waals surface area contributed by atoms with Gasteiger partial charge in [0.05, 0.1) is 7.11 Å². The Kier molecular flexibility index (Phi) is 5.96. The maximum atomic E-state index is 12.2. The van der Waals surface area contributed by atoms with Crippen molar-refractivity contribution >= 4 is 23.2 Å². The number of carbonyl (C=O) groups is 2. The molecule has 0 fully saturated rings. The van der Waals surface area contributed by atoms with Crippen LogP contribution in [-0.4, -0.2) is 32.1 Å². The van der Waals surface area contributed by atoms with Crippen molar-refractivity contribution in [1.82, 2.24) is 0 Å². The van der Waals surface area contributed by atoms with Gasteiger partial charge in [0.1, 0.15) is 11.5 Å². The molecule has 1 N–H and O–H groups in total. The number of hydrogen-bond acceptors (Lipinski definition) is 4. The topological polar surface area (TPSA) is 67.9 Å². The number of rotatable bonds is 6. The third-order valence-electron chi connectivity index (χ3n) is 4.50. The standard InChI is InChI=1S/C21H24N2O4/c1-3-21(25)23-11-5-6-15-9-10-16(12-19(15)23)22-20(24)14-27-18-8-4-7-17(13-18)26-2/h4,7-10,12-13H,3,5-6,11,14H2,1-2H3,(H,22,24). The molecule has 3 rings (SSSR count). The van der Waals surface area contributed by atoms with E-state index in [0.717, 1.165) is 30.6 Å². The van der Waals surface area contributed by atoms with Crippen LogP contribution in [0.25, 0.3) is 0 Å². The molecule has 0 bridgehead atoms. The average Bonchev–Trinajstić information content (AvgIpc) is 2.71. The number of nitrogens with one attached hydrogen (secondary N) is 1. The summed E-state index contributed by atoms with van der Waals surface area (Å²) in [6.07, 6.45) is 2.36. The molecule has 27 heavy (non-hydrogen) atoms. The zero-order valence-electron chi connectivity index (χ0n) is 15.7. The molecule has 2 amide bonds. The molecule has 1 aliphatic rings. The Morgan fingerprint density at radius 3 is 2.74 bits per heavy atom. The van der Waals surface area contributed by atoms with Crippen LogP contribution in [0.15, 0.2) is 42.5 Å². The first-order chi connectivity index (χ1) is 13.1. The minimum atomic E-state index is -0.262. The van der Waals surface area contributed by atoms with Crippen LogP contribution < -0.4 is 19.7 Å². The van der Waals surface area contributed by atoms with Gasteiger partial charge in [0.25, 0.3) is 5.91 Å². The summed E-state index contributed by atoms with van der Waals surface area (Å²) < 4.78 is 10.7. The third kappa shape index (κ3) is 4.58. The molecule has 1 heterocycles. The summed E-state index contributed by atoms with van der Waals surface area (Å²) in [7, 11) is 1.58. The Labute approximate surface area is 159 Å².